The van der Waals surface area contributed by atoms with Gasteiger partial charge in [0.2, 0.25) is 0 Å². The van der Waals surface area contributed by atoms with Gasteiger partial charge in [-0.05, 0) is 0 Å². The average Bonchev–Trinajstić information content (AvgIpc) is 2.69. The molecule has 1 fully saturated rings. The maximum absolute atomic E-state index is 12.2. The molecule has 1 heterocycles. The van der Waals surface area contributed by atoms with Gasteiger partial charge in [0.15, 0.2) is 5.79 Å². The van der Waals surface area contributed by atoms with Crippen LogP contribution in [-0.2, 0) is 23.8 Å². The third-order valence-electron chi connectivity index (χ3n) is 2.77. The maximum Gasteiger partial charge on any atom is 0.534 e. The molecule has 2 rings (SSSR count). The maximum atomic E-state index is 12.2. The molecule has 2 aliphatic rings. The van der Waals surface area contributed by atoms with Crippen molar-refractivity contribution in [3.8, 4) is 0 Å². The number of halogens is 4. The van der Waals surface area contributed by atoms with E-state index in [0.29, 0.717) is 13.2 Å². The summed E-state index contributed by atoms with van der Waals surface area (Å²) in [5.41, 5.74) is -5.44. The Balaban J connectivity index is 2.14. The Morgan fingerprint density at radius 2 is 1.84 bits per heavy atom. The van der Waals surface area contributed by atoms with Gasteiger partial charge < -0.3 is 13.7 Å². The van der Waals surface area contributed by atoms with Crippen molar-refractivity contribution < 1.29 is 35.2 Å². The quantitative estimate of drug-likeness (QED) is 0.554. The second-order valence-corrected chi connectivity index (χ2v) is 6.59. The number of hydrogen-bond donors (Lipinski definition) is 0. The molecule has 10 heteroatoms. The molecule has 1 aliphatic carbocycles. The highest BCUT2D eigenvalue weighted by atomic mass is 79.9. The minimum Gasteiger partial charge on any atom is -0.380 e. The lowest BCUT2D eigenvalue weighted by atomic mass is 9.99. The monoisotopic (exact) mass is 366 g/mol. The number of hydrogen-bond acceptors (Lipinski definition) is 5. The number of rotatable bonds is 2. The van der Waals surface area contributed by atoms with Crippen molar-refractivity contribution in [1.29, 1.82) is 0 Å². The Morgan fingerprint density at radius 3 is 2.32 bits per heavy atom. The van der Waals surface area contributed by atoms with Crippen LogP contribution >= 0.6 is 15.9 Å². The third kappa shape index (κ3) is 3.06. The van der Waals surface area contributed by atoms with Crippen LogP contribution in [-0.4, -0.2) is 32.9 Å². The van der Waals surface area contributed by atoms with Crippen molar-refractivity contribution in [2.45, 2.75) is 30.6 Å². The molecule has 0 saturated carbocycles. The van der Waals surface area contributed by atoms with Crippen molar-refractivity contribution in [3.05, 3.63) is 10.2 Å². The summed E-state index contributed by atoms with van der Waals surface area (Å²) in [4.78, 5) is 0. The van der Waals surface area contributed by atoms with E-state index < -0.39 is 21.4 Å². The van der Waals surface area contributed by atoms with Crippen LogP contribution in [0.5, 0.6) is 0 Å². The first kappa shape index (κ1) is 15.1. The number of allylic oxidation sites excluding steroid dienone is 1. The number of alkyl halides is 3. The Kier molecular flexibility index (Phi) is 3.89. The largest absolute Gasteiger partial charge is 0.534 e. The molecular weight excluding hydrogens is 357 g/mol. The van der Waals surface area contributed by atoms with E-state index >= 15 is 0 Å². The lowest BCUT2D eigenvalue weighted by Gasteiger charge is -2.32. The molecule has 0 aromatic heterocycles. The summed E-state index contributed by atoms with van der Waals surface area (Å²) < 4.78 is 73.6. The molecule has 0 unspecified atom stereocenters. The van der Waals surface area contributed by atoms with E-state index in [1.165, 1.54) is 0 Å². The lowest BCUT2D eigenvalue weighted by Crippen LogP contribution is -2.34. The van der Waals surface area contributed by atoms with Crippen LogP contribution < -0.4 is 0 Å². The van der Waals surface area contributed by atoms with E-state index in [1.807, 2.05) is 0 Å². The molecule has 0 aromatic carbocycles. The van der Waals surface area contributed by atoms with E-state index in [0.717, 1.165) is 0 Å². The van der Waals surface area contributed by atoms with Crippen LogP contribution in [0.3, 0.4) is 0 Å². The van der Waals surface area contributed by atoms with Crippen LogP contribution in [0.4, 0.5) is 13.2 Å². The molecule has 1 spiro atoms. The Morgan fingerprint density at radius 1 is 1.26 bits per heavy atom. The predicted octanol–water partition coefficient (Wildman–Crippen LogP) is 2.39. The summed E-state index contributed by atoms with van der Waals surface area (Å²) in [6, 6.07) is 0. The first-order valence-corrected chi connectivity index (χ1v) is 7.52. The molecule has 110 valence electrons. The van der Waals surface area contributed by atoms with Gasteiger partial charge in [-0.15, -0.1) is 0 Å². The second-order valence-electron chi connectivity index (χ2n) is 4.10. The van der Waals surface area contributed by atoms with Crippen LogP contribution in [0.15, 0.2) is 10.2 Å². The normalized spacial score (nSPS) is 24.0. The van der Waals surface area contributed by atoms with Crippen LogP contribution in [0.25, 0.3) is 0 Å². The van der Waals surface area contributed by atoms with Gasteiger partial charge in [0, 0.05) is 23.7 Å². The molecule has 0 radical (unpaired) electrons. The second kappa shape index (κ2) is 4.90. The summed E-state index contributed by atoms with van der Waals surface area (Å²) in [5, 5.41) is 0. The highest BCUT2D eigenvalue weighted by Gasteiger charge is 2.50. The van der Waals surface area contributed by atoms with Crippen molar-refractivity contribution >= 4 is 26.0 Å². The smallest absolute Gasteiger partial charge is 0.380 e. The number of ether oxygens (including phenoxy) is 2. The van der Waals surface area contributed by atoms with E-state index in [-0.39, 0.29) is 29.5 Å². The van der Waals surface area contributed by atoms with Gasteiger partial charge in [-0.25, -0.2) is 0 Å². The van der Waals surface area contributed by atoms with Gasteiger partial charge in [0.1, 0.15) is 5.76 Å². The van der Waals surface area contributed by atoms with Crippen molar-refractivity contribution in [3.63, 3.8) is 0 Å². The molecule has 5 nitrogen and oxygen atoms in total. The summed E-state index contributed by atoms with van der Waals surface area (Å²) in [7, 11) is -5.63. The fourth-order valence-corrected chi connectivity index (χ4v) is 3.23. The molecule has 1 aliphatic heterocycles. The SMILES string of the molecule is O=S(=O)(OC1=C(Br)CC2(CC1)OCCO2)C(F)(F)F. The minimum atomic E-state index is -5.63. The lowest BCUT2D eigenvalue weighted by molar-refractivity contribution is -0.163. The fourth-order valence-electron chi connectivity index (χ4n) is 1.87. The van der Waals surface area contributed by atoms with Crippen molar-refractivity contribution in [1.82, 2.24) is 0 Å². The molecule has 0 aromatic rings. The highest BCUT2D eigenvalue weighted by Crippen LogP contribution is 2.42. The van der Waals surface area contributed by atoms with Crippen LogP contribution in [0.1, 0.15) is 19.3 Å². The van der Waals surface area contributed by atoms with Gasteiger partial charge >= 0.3 is 15.6 Å². The van der Waals surface area contributed by atoms with Gasteiger partial charge in [-0.3, -0.25) is 0 Å². The third-order valence-corrected chi connectivity index (χ3v) is 4.48. The average molecular weight is 367 g/mol. The van der Waals surface area contributed by atoms with E-state index in [9.17, 15) is 21.6 Å². The first-order valence-electron chi connectivity index (χ1n) is 5.31. The zero-order valence-electron chi connectivity index (χ0n) is 9.50. The van der Waals surface area contributed by atoms with E-state index in [2.05, 4.69) is 20.1 Å². The molecule has 0 bridgehead atoms. The molecular formula is C9H10BrF3O5S. The molecule has 0 atom stereocenters. The van der Waals surface area contributed by atoms with Gasteiger partial charge in [0.05, 0.1) is 13.2 Å². The standard InChI is InChI=1S/C9H10BrF3O5S/c10-6-5-8(16-3-4-17-8)2-1-7(6)18-19(14,15)9(11,12)13/h1-5H2. The predicted molar refractivity (Wildman–Crippen MR) is 60.5 cm³/mol. The van der Waals surface area contributed by atoms with Gasteiger partial charge in [0.25, 0.3) is 0 Å². The summed E-state index contributed by atoms with van der Waals surface area (Å²) >= 11 is 3.02. The van der Waals surface area contributed by atoms with Gasteiger partial charge in [-0.2, -0.15) is 21.6 Å². The zero-order chi connectivity index (χ0) is 14.3. The Labute approximate surface area is 115 Å². The zero-order valence-corrected chi connectivity index (χ0v) is 11.9. The van der Waals surface area contributed by atoms with Crippen molar-refractivity contribution in [2.75, 3.05) is 13.2 Å². The summed E-state index contributed by atoms with van der Waals surface area (Å²) in [6.07, 6.45) is 0.344. The first-order chi connectivity index (χ1) is 8.65. The summed E-state index contributed by atoms with van der Waals surface area (Å²) in [6.45, 7) is 0.800. The van der Waals surface area contributed by atoms with Gasteiger partial charge in [-0.1, -0.05) is 15.9 Å². The summed E-state index contributed by atoms with van der Waals surface area (Å²) in [5.74, 6) is -1.14. The van der Waals surface area contributed by atoms with E-state index in [1.54, 1.807) is 0 Å². The van der Waals surface area contributed by atoms with E-state index in [4.69, 9.17) is 9.47 Å². The highest BCUT2D eigenvalue weighted by molar-refractivity contribution is 9.11. The molecule has 0 amide bonds. The minimum absolute atomic E-state index is 0.0180. The Hall–Kier alpha value is -0.320. The van der Waals surface area contributed by atoms with Crippen LogP contribution in [0, 0.1) is 0 Å². The Bertz CT molecular complexity index is 492. The fraction of sp³-hybridized carbons (Fsp3) is 0.778. The van der Waals surface area contributed by atoms with Crippen molar-refractivity contribution in [2.24, 2.45) is 0 Å². The molecule has 1 saturated heterocycles. The molecule has 19 heavy (non-hydrogen) atoms. The topological polar surface area (TPSA) is 61.8 Å². The molecule has 0 N–H and O–H groups in total. The van der Waals surface area contributed by atoms with Crippen LogP contribution in [0.2, 0.25) is 0 Å².